The topological polar surface area (TPSA) is 94.3 Å². The van der Waals surface area contributed by atoms with Gasteiger partial charge in [-0.05, 0) is 32.0 Å². The third kappa shape index (κ3) is 5.41. The van der Waals surface area contributed by atoms with Gasteiger partial charge >= 0.3 is 6.36 Å². The average Bonchev–Trinajstić information content (AvgIpc) is 3.19. The van der Waals surface area contributed by atoms with Crippen LogP contribution in [0.1, 0.15) is 28.9 Å². The zero-order chi connectivity index (χ0) is 21.2. The molecule has 0 atom stereocenters. The number of benzene rings is 1. The minimum absolute atomic E-state index is 0.0671. The second-order valence-corrected chi connectivity index (χ2v) is 6.76. The Balaban J connectivity index is 1.78. The van der Waals surface area contributed by atoms with Crippen LogP contribution in [0.15, 0.2) is 34.7 Å². The van der Waals surface area contributed by atoms with Gasteiger partial charge in [0.2, 0.25) is 5.13 Å². The summed E-state index contributed by atoms with van der Waals surface area (Å²) in [7, 11) is 0. The van der Waals surface area contributed by atoms with Crippen LogP contribution in [0.2, 0.25) is 0 Å². The van der Waals surface area contributed by atoms with Crippen LogP contribution < -0.4 is 10.1 Å². The van der Waals surface area contributed by atoms with Crippen molar-refractivity contribution in [1.82, 2.24) is 9.36 Å². The van der Waals surface area contributed by atoms with Crippen molar-refractivity contribution in [2.24, 2.45) is 0 Å². The molecule has 0 spiro atoms. The Bertz CT molecular complexity index is 1060. The van der Waals surface area contributed by atoms with E-state index in [0.29, 0.717) is 11.4 Å². The second kappa shape index (κ2) is 8.03. The van der Waals surface area contributed by atoms with Crippen molar-refractivity contribution in [1.29, 1.82) is 0 Å². The average molecular weight is 425 g/mol. The number of hydrogen-bond acceptors (Lipinski definition) is 7. The predicted molar refractivity (Wildman–Crippen MR) is 97.8 cm³/mol. The molecule has 152 valence electrons. The molecule has 0 fully saturated rings. The minimum atomic E-state index is -4.81. The van der Waals surface area contributed by atoms with Crippen molar-refractivity contribution in [2.75, 3.05) is 5.32 Å². The van der Waals surface area contributed by atoms with Crippen molar-refractivity contribution >= 4 is 28.4 Å². The van der Waals surface area contributed by atoms with Gasteiger partial charge in [0, 0.05) is 17.1 Å². The molecule has 3 aromatic rings. The highest BCUT2D eigenvalue weighted by Crippen LogP contribution is 2.30. The predicted octanol–water partition coefficient (Wildman–Crippen LogP) is 4.39. The van der Waals surface area contributed by atoms with Crippen molar-refractivity contribution in [3.8, 4) is 17.1 Å². The molecule has 0 aliphatic heterocycles. The first-order valence-corrected chi connectivity index (χ1v) is 8.98. The van der Waals surface area contributed by atoms with Crippen LogP contribution >= 0.6 is 11.5 Å². The number of alkyl halides is 3. The fraction of sp³-hybridized carbons (Fsp3) is 0.222. The van der Waals surface area contributed by atoms with Gasteiger partial charge in [0.15, 0.2) is 5.82 Å². The van der Waals surface area contributed by atoms with Crippen LogP contribution in [0.4, 0.5) is 18.3 Å². The number of nitrogens with zero attached hydrogens (tertiary/aromatic N) is 2. The third-order valence-corrected chi connectivity index (χ3v) is 4.28. The number of rotatable bonds is 6. The Labute approximate surface area is 166 Å². The standard InChI is InChI=1S/C18H14F3N3O4S/c1-9(25)6-15-22-17(29-24-15)23-16(26)13-8-14(27-10(13)2)11-4-3-5-12(7-11)28-18(19,20)21/h3-5,7-8H,6H2,1-2H3,(H,22,23,24,26). The van der Waals surface area contributed by atoms with E-state index in [9.17, 15) is 22.8 Å². The molecular formula is C18H14F3N3O4S. The molecule has 29 heavy (non-hydrogen) atoms. The summed E-state index contributed by atoms with van der Waals surface area (Å²) in [6.45, 7) is 2.96. The van der Waals surface area contributed by atoms with Gasteiger partial charge in [-0.3, -0.25) is 14.9 Å². The van der Waals surface area contributed by atoms with Gasteiger partial charge in [-0.2, -0.15) is 4.37 Å². The summed E-state index contributed by atoms with van der Waals surface area (Å²) in [6.07, 6.45) is -4.75. The van der Waals surface area contributed by atoms with Crippen LogP contribution in [0.5, 0.6) is 5.75 Å². The molecular weight excluding hydrogens is 411 g/mol. The fourth-order valence-corrected chi connectivity index (χ4v) is 3.04. The Morgan fingerprint density at radius 1 is 1.28 bits per heavy atom. The lowest BCUT2D eigenvalue weighted by Gasteiger charge is -2.09. The lowest BCUT2D eigenvalue weighted by atomic mass is 10.1. The molecule has 2 aromatic heterocycles. The molecule has 1 aromatic carbocycles. The molecule has 1 amide bonds. The van der Waals surface area contributed by atoms with Crippen molar-refractivity contribution < 1.29 is 31.9 Å². The molecule has 0 bridgehead atoms. The number of furan rings is 1. The lowest BCUT2D eigenvalue weighted by Crippen LogP contribution is -2.17. The highest BCUT2D eigenvalue weighted by molar-refractivity contribution is 7.09. The number of Topliss-reactive ketones (excluding diaryl/α,β-unsaturated/α-hetero) is 1. The molecule has 3 rings (SSSR count). The molecule has 0 aliphatic rings. The molecule has 0 aliphatic carbocycles. The lowest BCUT2D eigenvalue weighted by molar-refractivity contribution is -0.274. The van der Waals surface area contributed by atoms with E-state index in [0.717, 1.165) is 23.7 Å². The molecule has 1 N–H and O–H groups in total. The second-order valence-electron chi connectivity index (χ2n) is 6.00. The molecule has 0 saturated heterocycles. The number of carbonyl (C=O) groups is 2. The first-order chi connectivity index (χ1) is 13.6. The summed E-state index contributed by atoms with van der Waals surface area (Å²) < 4.78 is 50.6. The van der Waals surface area contributed by atoms with Gasteiger partial charge in [0.1, 0.15) is 23.1 Å². The number of aryl methyl sites for hydroxylation is 1. The first kappa shape index (κ1) is 20.5. The minimum Gasteiger partial charge on any atom is -0.461 e. The Kier molecular flexibility index (Phi) is 5.69. The fourth-order valence-electron chi connectivity index (χ4n) is 2.46. The van der Waals surface area contributed by atoms with E-state index >= 15 is 0 Å². The van der Waals surface area contributed by atoms with Crippen LogP contribution in [0.3, 0.4) is 0 Å². The van der Waals surface area contributed by atoms with E-state index in [2.05, 4.69) is 19.4 Å². The third-order valence-electron chi connectivity index (χ3n) is 3.61. The van der Waals surface area contributed by atoms with Crippen LogP contribution in [0.25, 0.3) is 11.3 Å². The summed E-state index contributed by atoms with van der Waals surface area (Å²) in [5.74, 6) is -0.243. The number of hydrogen-bond donors (Lipinski definition) is 1. The van der Waals surface area contributed by atoms with Crippen molar-refractivity contribution in [3.63, 3.8) is 0 Å². The summed E-state index contributed by atoms with van der Waals surface area (Å²) >= 11 is 0.932. The van der Waals surface area contributed by atoms with Gasteiger partial charge in [-0.15, -0.1) is 13.2 Å². The summed E-state index contributed by atoms with van der Waals surface area (Å²) in [6, 6.07) is 6.64. The number of halogens is 3. The van der Waals surface area contributed by atoms with E-state index in [4.69, 9.17) is 4.42 Å². The number of ketones is 1. The summed E-state index contributed by atoms with van der Waals surface area (Å²) in [5.41, 5.74) is 0.499. The van der Waals surface area contributed by atoms with Crippen LogP contribution in [0, 0.1) is 6.92 Å². The molecule has 0 unspecified atom stereocenters. The molecule has 0 radical (unpaired) electrons. The highest BCUT2D eigenvalue weighted by Gasteiger charge is 2.31. The first-order valence-electron chi connectivity index (χ1n) is 8.21. The van der Waals surface area contributed by atoms with Crippen molar-refractivity contribution in [2.45, 2.75) is 26.6 Å². The molecule has 0 saturated carbocycles. The number of carbonyl (C=O) groups excluding carboxylic acids is 2. The maximum atomic E-state index is 12.5. The summed E-state index contributed by atoms with van der Waals surface area (Å²) in [4.78, 5) is 27.7. The zero-order valence-corrected chi connectivity index (χ0v) is 16.0. The van der Waals surface area contributed by atoms with Crippen molar-refractivity contribution in [3.05, 3.63) is 47.5 Å². The quantitative estimate of drug-likeness (QED) is 0.630. The maximum absolute atomic E-state index is 12.5. The number of ether oxygens (including phenoxy) is 1. The number of anilines is 1. The molecule has 11 heteroatoms. The number of nitrogens with one attached hydrogen (secondary N) is 1. The van der Waals surface area contributed by atoms with E-state index in [1.807, 2.05) is 0 Å². The zero-order valence-electron chi connectivity index (χ0n) is 15.2. The van der Waals surface area contributed by atoms with Crippen LogP contribution in [-0.2, 0) is 11.2 Å². The maximum Gasteiger partial charge on any atom is 0.573 e. The normalized spacial score (nSPS) is 11.3. The van der Waals surface area contributed by atoms with Gasteiger partial charge in [-0.1, -0.05) is 12.1 Å². The van der Waals surface area contributed by atoms with Gasteiger partial charge in [0.25, 0.3) is 5.91 Å². The Morgan fingerprint density at radius 3 is 2.72 bits per heavy atom. The van der Waals surface area contributed by atoms with Gasteiger partial charge < -0.3 is 9.15 Å². The van der Waals surface area contributed by atoms with Crippen LogP contribution in [-0.4, -0.2) is 27.4 Å². The van der Waals surface area contributed by atoms with E-state index in [1.54, 1.807) is 6.92 Å². The van der Waals surface area contributed by atoms with E-state index in [1.165, 1.54) is 25.1 Å². The smallest absolute Gasteiger partial charge is 0.461 e. The number of amides is 1. The highest BCUT2D eigenvalue weighted by atomic mass is 32.1. The number of aromatic nitrogens is 2. The van der Waals surface area contributed by atoms with Gasteiger partial charge in [0.05, 0.1) is 12.0 Å². The molecule has 2 heterocycles. The van der Waals surface area contributed by atoms with E-state index in [-0.39, 0.29) is 34.4 Å². The largest absolute Gasteiger partial charge is 0.573 e. The van der Waals surface area contributed by atoms with E-state index < -0.39 is 18.0 Å². The Morgan fingerprint density at radius 2 is 2.03 bits per heavy atom. The summed E-state index contributed by atoms with van der Waals surface area (Å²) in [5, 5.41) is 2.78. The SMILES string of the molecule is CC(=O)Cc1nsc(NC(=O)c2cc(-c3cccc(OC(F)(F)F)c3)oc2C)n1. The Hall–Kier alpha value is -3.21. The monoisotopic (exact) mass is 425 g/mol. The molecule has 7 nitrogen and oxygen atoms in total. The van der Waals surface area contributed by atoms with Gasteiger partial charge in [-0.25, -0.2) is 4.98 Å².